The Morgan fingerprint density at radius 2 is 0.622 bits per heavy atom. The molecule has 426 valence electrons. The lowest BCUT2D eigenvalue weighted by Gasteiger charge is -2.25. The molecule has 0 fully saturated rings. The lowest BCUT2D eigenvalue weighted by molar-refractivity contribution is 0.590. The van der Waals surface area contributed by atoms with E-state index >= 15 is 0 Å². The maximum Gasteiger partial charge on any atom is 0.0629 e. The van der Waals surface area contributed by atoms with Gasteiger partial charge in [0.25, 0.3) is 0 Å². The molecule has 0 unspecified atom stereocenters. The van der Waals surface area contributed by atoms with Gasteiger partial charge < -0.3 is 8.80 Å². The number of fused-ring (bicyclic) bond motifs is 20. The Morgan fingerprint density at radius 1 is 0.289 bits per heavy atom. The van der Waals surface area contributed by atoms with Gasteiger partial charge in [-0.3, -0.25) is 0 Å². The third-order valence-electron chi connectivity index (χ3n) is 18.6. The van der Waals surface area contributed by atoms with Crippen molar-refractivity contribution in [3.05, 3.63) is 265 Å². The van der Waals surface area contributed by atoms with Gasteiger partial charge in [0.1, 0.15) is 0 Å². The number of hydrogen-bond donors (Lipinski definition) is 0. The molecule has 0 saturated heterocycles. The molecule has 90 heavy (non-hydrogen) atoms. The number of rotatable bonds is 6. The topological polar surface area (TPSA) is 8.82 Å². The molecule has 0 spiro atoms. The average Bonchev–Trinajstić information content (AvgIpc) is 1.50. The molecule has 2 nitrogen and oxygen atoms in total. The Hall–Kier alpha value is -10.1. The van der Waals surface area contributed by atoms with Crippen LogP contribution in [0.25, 0.3) is 183 Å². The van der Waals surface area contributed by atoms with Crippen LogP contribution in [0.2, 0.25) is 0 Å². The van der Waals surface area contributed by atoms with Crippen LogP contribution in [0.1, 0.15) is 80.1 Å². The fraction of sp³-hybridized carbons (Fsp3) is 0.0930. The van der Waals surface area contributed by atoms with E-state index in [2.05, 4.69) is 57.3 Å². The molecule has 0 atom stereocenters. The smallest absolute Gasteiger partial charge is 0.0629 e. The molecule has 0 saturated carbocycles. The largest absolute Gasteiger partial charge is 0.308 e. The molecule has 0 N–H and O–H groups in total. The number of benzene rings is 13. The van der Waals surface area contributed by atoms with Gasteiger partial charge >= 0.3 is 0 Å². The number of aromatic nitrogens is 2. The summed E-state index contributed by atoms with van der Waals surface area (Å²) in [6, 6.07) is 33.9. The second kappa shape index (κ2) is 18.7. The van der Waals surface area contributed by atoms with Crippen LogP contribution in [-0.2, 0) is 10.8 Å². The Morgan fingerprint density at radius 3 is 0.967 bits per heavy atom. The van der Waals surface area contributed by atoms with E-state index in [4.69, 9.17) is 16.4 Å². The van der Waals surface area contributed by atoms with Gasteiger partial charge in [-0.25, -0.2) is 0 Å². The maximum absolute atomic E-state index is 9.58. The number of nitrogens with zero attached hydrogens (tertiary/aromatic N) is 2. The van der Waals surface area contributed by atoms with E-state index < -0.39 is 132 Å². The summed E-state index contributed by atoms with van der Waals surface area (Å²) in [5.41, 5.74) is 6.52. The van der Waals surface area contributed by atoms with Gasteiger partial charge in [-0.1, -0.05) is 223 Å². The highest BCUT2D eigenvalue weighted by Gasteiger charge is 2.30. The third kappa shape index (κ3) is 7.38. The summed E-state index contributed by atoms with van der Waals surface area (Å²) in [7, 11) is 0. The molecule has 0 aliphatic heterocycles. The van der Waals surface area contributed by atoms with Gasteiger partial charge in [0.2, 0.25) is 0 Å². The van der Waals surface area contributed by atoms with Crippen molar-refractivity contribution in [1.29, 1.82) is 0 Å². The molecule has 19 rings (SSSR count). The zero-order valence-corrected chi connectivity index (χ0v) is 51.0. The maximum atomic E-state index is 9.58. The van der Waals surface area contributed by atoms with Crippen molar-refractivity contribution in [3.63, 3.8) is 0 Å². The van der Waals surface area contributed by atoms with Gasteiger partial charge in [0.05, 0.1) is 60.5 Å². The first-order valence-corrected chi connectivity index (χ1v) is 31.5. The zero-order chi connectivity index (χ0) is 77.5. The van der Waals surface area contributed by atoms with Crippen LogP contribution in [0.4, 0.5) is 0 Å². The molecular formula is C86H60N2S2. The quantitative estimate of drug-likeness (QED) is 0.157. The zero-order valence-electron chi connectivity index (χ0n) is 69.4. The number of thiophene rings is 2. The Bertz CT molecular complexity index is 6750. The average molecular weight is 1210 g/mol. The standard InChI is InChI=1S/C86H60N2S2/c1-85(2,3)55-41-61(49-23-11-7-12-24-49)77(62(42-55)50-25-13-8-14-26-50)53-35-37-57-69(39-53)87-71-45-66-68-48-76-80(60-32-20-22-34-74(60)90-76)82-58-38-36-54(78-63(51-27-15-9-16-28-51)43-56(86(4,5)6)44-64(78)52-29-17-10-18-30-52)40-70(58)88(84(68)82)72(66)46-65(71)67-47-75-79(81(57)83(67)87)59-31-19-21-33-73(59)89-75/h7-48H,1-6H3/i7D,8D,9D,10D,11D,12D,13D,14D,15D,16D,17D,18D,23D,24D,25D,26D,27D,28D,29D,30D. The van der Waals surface area contributed by atoms with Crippen molar-refractivity contribution in [2.24, 2.45) is 0 Å². The molecule has 4 heteroatoms. The lowest BCUT2D eigenvalue weighted by Crippen LogP contribution is -2.12. The minimum absolute atomic E-state index is 0.127. The molecule has 0 radical (unpaired) electrons. The molecule has 13 aromatic carbocycles. The predicted octanol–water partition coefficient (Wildman–Crippen LogP) is 25.3. The highest BCUT2D eigenvalue weighted by Crippen LogP contribution is 2.54. The summed E-state index contributed by atoms with van der Waals surface area (Å²) in [6.45, 7) is 11.7. The fourth-order valence-corrected chi connectivity index (χ4v) is 16.8. The van der Waals surface area contributed by atoms with Gasteiger partial charge in [-0.05, 0) is 162 Å². The SMILES string of the molecule is [2H]c1c([2H])c([2H])c(-c2cc(C(C)(C)C)cc(-c3c([2H])c([2H])c([2H])c([2H])c3[2H])c2-c2ccc3c4c5c(cc6c7cc8c(cc7n(c3c2)c64)c2cc3sc4ccccc4c3c3c4ccc(-c6c(-c7c([2H])c([2H])c([2H])c([2H])c7[2H])cc(C(C)(C)C)cc6-c6c([2H])c([2H])c([2H])c([2H])c6[2H])cc4n8c23)sc2ccccc25)c([2H])c1[2H]. The van der Waals surface area contributed by atoms with Crippen molar-refractivity contribution in [3.8, 4) is 66.8 Å². The molecule has 6 heterocycles. The molecular weight excluding hydrogens is 1130 g/mol. The van der Waals surface area contributed by atoms with Crippen molar-refractivity contribution in [2.75, 3.05) is 0 Å². The van der Waals surface area contributed by atoms with Crippen molar-refractivity contribution in [2.45, 2.75) is 52.4 Å². The third-order valence-corrected chi connectivity index (χ3v) is 20.8. The Kier molecular flexibility index (Phi) is 7.45. The lowest BCUT2D eigenvalue weighted by atomic mass is 9.79. The van der Waals surface area contributed by atoms with E-state index in [-0.39, 0.29) is 55.6 Å². The molecule has 19 aromatic rings. The number of hydrogen-bond acceptors (Lipinski definition) is 2. The van der Waals surface area contributed by atoms with E-state index in [0.717, 1.165) is 117 Å². The molecule has 0 bridgehead atoms. The van der Waals surface area contributed by atoms with Crippen LogP contribution in [-0.4, -0.2) is 8.80 Å². The summed E-state index contributed by atoms with van der Waals surface area (Å²) in [5.74, 6) is 0. The van der Waals surface area contributed by atoms with Gasteiger partial charge in [0, 0.05) is 83.4 Å². The molecule has 0 amide bonds. The summed E-state index contributed by atoms with van der Waals surface area (Å²) >= 11 is 3.35. The van der Waals surface area contributed by atoms with Crippen molar-refractivity contribution < 1.29 is 27.4 Å². The van der Waals surface area contributed by atoms with Crippen LogP contribution in [0.3, 0.4) is 0 Å². The van der Waals surface area contributed by atoms with Gasteiger partial charge in [0.15, 0.2) is 0 Å². The Labute approximate surface area is 557 Å². The van der Waals surface area contributed by atoms with E-state index in [9.17, 15) is 11.0 Å². The summed E-state index contributed by atoms with van der Waals surface area (Å²) in [6.07, 6.45) is 0. The first-order valence-electron chi connectivity index (χ1n) is 39.9. The van der Waals surface area contributed by atoms with Gasteiger partial charge in [-0.2, -0.15) is 0 Å². The predicted molar refractivity (Wildman–Crippen MR) is 392 cm³/mol. The van der Waals surface area contributed by atoms with E-state index in [1.807, 2.05) is 102 Å². The normalized spacial score (nSPS) is 15.9. The van der Waals surface area contributed by atoms with Gasteiger partial charge in [-0.15, -0.1) is 22.7 Å². The van der Waals surface area contributed by atoms with Crippen LogP contribution in [0, 0.1) is 0 Å². The second-order valence-corrected chi connectivity index (χ2v) is 27.8. The Balaban J connectivity index is 0.981. The van der Waals surface area contributed by atoms with E-state index in [0.29, 0.717) is 22.3 Å². The molecule has 0 aliphatic rings. The summed E-state index contributed by atoms with van der Waals surface area (Å²) in [5, 5.41) is 11.4. The first-order chi connectivity index (χ1) is 52.2. The minimum atomic E-state index is -0.699. The highest BCUT2D eigenvalue weighted by molar-refractivity contribution is 7.26. The van der Waals surface area contributed by atoms with Crippen LogP contribution >= 0.6 is 22.7 Å². The van der Waals surface area contributed by atoms with Crippen molar-refractivity contribution in [1.82, 2.24) is 8.80 Å². The highest BCUT2D eigenvalue weighted by atomic mass is 32.1. The van der Waals surface area contributed by atoms with E-state index in [1.54, 1.807) is 46.9 Å². The fourth-order valence-electron chi connectivity index (χ4n) is 14.5. The van der Waals surface area contributed by atoms with Crippen LogP contribution in [0.5, 0.6) is 0 Å². The summed E-state index contributed by atoms with van der Waals surface area (Å²) in [4.78, 5) is 0. The molecule has 0 aliphatic carbocycles. The monoisotopic (exact) mass is 1200 g/mol. The van der Waals surface area contributed by atoms with Crippen molar-refractivity contribution >= 4 is 139 Å². The van der Waals surface area contributed by atoms with Crippen LogP contribution in [0.15, 0.2) is 254 Å². The van der Waals surface area contributed by atoms with E-state index in [1.165, 1.54) is 0 Å². The minimum Gasteiger partial charge on any atom is -0.308 e. The van der Waals surface area contributed by atoms with Crippen LogP contribution < -0.4 is 0 Å². The molecule has 6 aromatic heterocycles. The second-order valence-electron chi connectivity index (χ2n) is 25.7. The first kappa shape index (κ1) is 35.8. The summed E-state index contributed by atoms with van der Waals surface area (Å²) < 4.78 is 193.